The number of rotatable bonds is 22. The summed E-state index contributed by atoms with van der Waals surface area (Å²) in [5.41, 5.74) is 1.16. The molecular weight excluding hydrogens is 561 g/mol. The number of fused-ring (bicyclic) bond motifs is 1. The average molecular weight is 617 g/mol. The van der Waals surface area contributed by atoms with Crippen molar-refractivity contribution in [2.75, 3.05) is 6.54 Å². The van der Waals surface area contributed by atoms with Crippen LogP contribution in [0.25, 0.3) is 0 Å². The Morgan fingerprint density at radius 1 is 0.875 bits per heavy atom. The first-order chi connectivity index (χ1) is 19.1. The van der Waals surface area contributed by atoms with E-state index in [1.807, 2.05) is 6.92 Å². The van der Waals surface area contributed by atoms with Gasteiger partial charge in [0.15, 0.2) is 9.84 Å². The molecule has 9 heteroatoms. The van der Waals surface area contributed by atoms with Crippen LogP contribution in [0, 0.1) is 0 Å². The Morgan fingerprint density at radius 3 is 1.82 bits per heavy atom. The fourth-order valence-corrected chi connectivity index (χ4v) is 10.6. The van der Waals surface area contributed by atoms with Crippen LogP contribution >= 0.6 is 11.3 Å². The molecule has 1 aromatic heterocycles. The summed E-state index contributed by atoms with van der Waals surface area (Å²) >= 11 is 0.852. The highest BCUT2D eigenvalue weighted by molar-refractivity contribution is 7.96. The summed E-state index contributed by atoms with van der Waals surface area (Å²) in [6.45, 7) is 8.37. The van der Waals surface area contributed by atoms with E-state index in [1.165, 1.54) is 102 Å². The van der Waals surface area contributed by atoms with Gasteiger partial charge in [-0.05, 0) is 45.7 Å². The molecule has 1 N–H and O–H groups in total. The van der Waals surface area contributed by atoms with E-state index in [2.05, 4.69) is 16.6 Å². The highest BCUT2D eigenvalue weighted by Crippen LogP contribution is 2.43. The van der Waals surface area contributed by atoms with Gasteiger partial charge >= 0.3 is 0 Å². The van der Waals surface area contributed by atoms with Gasteiger partial charge in [-0.15, -0.1) is 11.3 Å². The van der Waals surface area contributed by atoms with E-state index in [4.69, 9.17) is 0 Å². The first-order valence-electron chi connectivity index (χ1n) is 16.0. The van der Waals surface area contributed by atoms with E-state index in [1.54, 1.807) is 13.8 Å². The number of hydrogen-bond donors (Lipinski definition) is 1. The standard InChI is InChI=1S/C31H56N2O4S3/c1-5-7-8-9-10-11-12-13-14-15-16-17-18-19-20-21-22-23-26(3)33-40(36,37)30-25-28-29(32-6-2)24-27(4)39(34,35)31(28)38-30/h25,27,29,32H,5-24H2,1-4H3/t27-,29-/m0/s1. The van der Waals surface area contributed by atoms with E-state index < -0.39 is 25.1 Å². The monoisotopic (exact) mass is 616 g/mol. The van der Waals surface area contributed by atoms with E-state index in [9.17, 15) is 16.8 Å². The lowest BCUT2D eigenvalue weighted by molar-refractivity contribution is 0.477. The molecule has 2 heterocycles. The Labute approximate surface area is 250 Å². The summed E-state index contributed by atoms with van der Waals surface area (Å²) in [5.74, 6) is 0. The predicted octanol–water partition coefficient (Wildman–Crippen LogP) is 9.16. The first-order valence-corrected chi connectivity index (χ1v) is 19.8. The molecule has 1 aromatic rings. The van der Waals surface area contributed by atoms with Gasteiger partial charge in [0.25, 0.3) is 10.0 Å². The van der Waals surface area contributed by atoms with Gasteiger partial charge < -0.3 is 5.32 Å². The van der Waals surface area contributed by atoms with Crippen molar-refractivity contribution in [1.82, 2.24) is 5.32 Å². The molecule has 0 aliphatic carbocycles. The van der Waals surface area contributed by atoms with Crippen LogP contribution in [0.2, 0.25) is 0 Å². The van der Waals surface area contributed by atoms with Gasteiger partial charge in [-0.2, -0.15) is 12.8 Å². The van der Waals surface area contributed by atoms with Gasteiger partial charge in [0.05, 0.1) is 5.25 Å². The fraction of sp³-hybridized carbons (Fsp3) is 0.839. The second-order valence-corrected chi connectivity index (χ2v) is 17.2. The van der Waals surface area contributed by atoms with Gasteiger partial charge in [-0.25, -0.2) is 8.42 Å². The number of sulfone groups is 1. The Kier molecular flexibility index (Phi) is 16.6. The highest BCUT2D eigenvalue weighted by atomic mass is 32.3. The lowest BCUT2D eigenvalue weighted by Crippen LogP contribution is -2.33. The van der Waals surface area contributed by atoms with Crippen molar-refractivity contribution >= 4 is 36.9 Å². The molecule has 1 aliphatic heterocycles. The number of sulfonamides is 1. The number of hydrogen-bond acceptors (Lipinski definition) is 6. The summed E-state index contributed by atoms with van der Waals surface area (Å²) in [6, 6.07) is 1.37. The maximum atomic E-state index is 13.0. The van der Waals surface area contributed by atoms with Crippen molar-refractivity contribution in [1.29, 1.82) is 0 Å². The normalized spacial score (nSPS) is 19.1. The summed E-state index contributed by atoms with van der Waals surface area (Å²) < 4.78 is 56.0. The molecule has 0 saturated carbocycles. The number of thiophene rings is 1. The Morgan fingerprint density at radius 2 is 1.35 bits per heavy atom. The van der Waals surface area contributed by atoms with E-state index >= 15 is 0 Å². The molecule has 2 rings (SSSR count). The number of unbranched alkanes of at least 4 members (excludes halogenated alkanes) is 16. The molecule has 0 saturated heterocycles. The summed E-state index contributed by atoms with van der Waals surface area (Å²) in [5, 5.41) is 2.76. The van der Waals surface area contributed by atoms with Crippen LogP contribution in [0.15, 0.2) is 18.9 Å². The molecule has 232 valence electrons. The van der Waals surface area contributed by atoms with Crippen molar-refractivity contribution in [3.05, 3.63) is 11.6 Å². The summed E-state index contributed by atoms with van der Waals surface area (Å²) in [4.78, 5) is 0. The Bertz CT molecular complexity index is 1090. The van der Waals surface area contributed by atoms with Gasteiger partial charge in [-0.1, -0.05) is 117 Å². The lowest BCUT2D eigenvalue weighted by atomic mass is 10.0. The van der Waals surface area contributed by atoms with Crippen LogP contribution in [-0.2, 0) is 19.9 Å². The number of nitrogens with zero attached hydrogens (tertiary/aromatic N) is 1. The molecule has 1 aliphatic rings. The SMILES string of the molecule is CCCCCCCCCCCCCCCCCCCC(C)=NS(=O)(=O)c1cc2c(s1)S(=O)(=O)[C@@H](C)C[C@@H]2NCC. The second-order valence-electron chi connectivity index (χ2n) is 11.7. The Hall–Kier alpha value is -0.770. The maximum absolute atomic E-state index is 13.0. The minimum atomic E-state index is -3.92. The van der Waals surface area contributed by atoms with Crippen molar-refractivity contribution in [2.45, 2.75) is 169 Å². The predicted molar refractivity (Wildman–Crippen MR) is 171 cm³/mol. The quantitative estimate of drug-likeness (QED) is 0.104. The van der Waals surface area contributed by atoms with Crippen LogP contribution in [-0.4, -0.2) is 34.3 Å². The maximum Gasteiger partial charge on any atom is 0.291 e. The van der Waals surface area contributed by atoms with Gasteiger partial charge in [0, 0.05) is 17.3 Å². The minimum Gasteiger partial charge on any atom is -0.310 e. The van der Waals surface area contributed by atoms with Gasteiger partial charge in [0.2, 0.25) is 0 Å². The second kappa shape index (κ2) is 18.7. The fourth-order valence-electron chi connectivity index (χ4n) is 5.57. The minimum absolute atomic E-state index is 0.0276. The highest BCUT2D eigenvalue weighted by Gasteiger charge is 2.39. The molecule has 0 bridgehead atoms. The summed E-state index contributed by atoms with van der Waals surface area (Å²) in [6.07, 6.45) is 23.4. The largest absolute Gasteiger partial charge is 0.310 e. The summed E-state index contributed by atoms with van der Waals surface area (Å²) in [7, 11) is -7.43. The molecule has 0 radical (unpaired) electrons. The third-order valence-electron chi connectivity index (χ3n) is 8.06. The van der Waals surface area contributed by atoms with Crippen molar-refractivity contribution < 1.29 is 16.8 Å². The molecule has 0 unspecified atom stereocenters. The smallest absolute Gasteiger partial charge is 0.291 e. The van der Waals surface area contributed by atoms with E-state index in [0.717, 1.165) is 24.2 Å². The zero-order chi connectivity index (χ0) is 29.4. The molecule has 6 nitrogen and oxygen atoms in total. The van der Waals surface area contributed by atoms with Crippen LogP contribution < -0.4 is 5.32 Å². The molecule has 40 heavy (non-hydrogen) atoms. The zero-order valence-corrected chi connectivity index (χ0v) is 28.1. The third-order valence-corrected chi connectivity index (χ3v) is 13.8. The number of nitrogens with one attached hydrogen (secondary N) is 1. The van der Waals surface area contributed by atoms with E-state index in [-0.39, 0.29) is 14.5 Å². The average Bonchev–Trinajstić information content (AvgIpc) is 3.37. The molecule has 0 spiro atoms. The molecule has 2 atom stereocenters. The van der Waals surface area contributed by atoms with Gasteiger partial charge in [0.1, 0.15) is 8.42 Å². The van der Waals surface area contributed by atoms with Gasteiger partial charge in [-0.3, -0.25) is 0 Å². The van der Waals surface area contributed by atoms with Crippen molar-refractivity contribution in [3.63, 3.8) is 0 Å². The topological polar surface area (TPSA) is 92.7 Å². The molecule has 0 fully saturated rings. The van der Waals surface area contributed by atoms with Crippen molar-refractivity contribution in [2.24, 2.45) is 4.40 Å². The lowest BCUT2D eigenvalue weighted by Gasteiger charge is -2.27. The van der Waals surface area contributed by atoms with Crippen LogP contribution in [0.1, 0.15) is 161 Å². The van der Waals surface area contributed by atoms with Crippen LogP contribution in [0.3, 0.4) is 0 Å². The van der Waals surface area contributed by atoms with Crippen LogP contribution in [0.5, 0.6) is 0 Å². The molecular formula is C31H56N2O4S3. The molecule has 0 amide bonds. The van der Waals surface area contributed by atoms with Crippen molar-refractivity contribution in [3.8, 4) is 0 Å². The Balaban J connectivity index is 1.63. The third kappa shape index (κ3) is 11.8. The van der Waals surface area contributed by atoms with Crippen LogP contribution in [0.4, 0.5) is 0 Å². The zero-order valence-electron chi connectivity index (χ0n) is 25.7. The van der Waals surface area contributed by atoms with E-state index in [0.29, 0.717) is 30.7 Å². The first kappa shape index (κ1) is 35.4. The molecule has 0 aromatic carbocycles.